The van der Waals surface area contributed by atoms with E-state index >= 15 is 0 Å². The lowest BCUT2D eigenvalue weighted by Gasteiger charge is -2.07. The summed E-state index contributed by atoms with van der Waals surface area (Å²) in [5.74, 6) is -0.0292. The van der Waals surface area contributed by atoms with E-state index in [1.54, 1.807) is 24.3 Å². The van der Waals surface area contributed by atoms with Crippen LogP contribution in [0.4, 0.5) is 10.1 Å². The molecule has 17 heavy (non-hydrogen) atoms. The predicted molar refractivity (Wildman–Crippen MR) is 69.5 cm³/mol. The second-order valence-corrected chi connectivity index (χ2v) is 4.50. The molecule has 0 bridgehead atoms. The normalized spacial score (nSPS) is 10.2. The van der Waals surface area contributed by atoms with Crippen molar-refractivity contribution in [1.29, 1.82) is 0 Å². The summed E-state index contributed by atoms with van der Waals surface area (Å²) in [7, 11) is 0. The standard InChI is InChI=1S/C13H11BrFNO/c14-12-7-10(3-6-13(12)15)16-8-9-1-4-11(17)5-2-9/h1-7,16-17H,8H2. The molecule has 0 saturated carbocycles. The Morgan fingerprint density at radius 3 is 2.47 bits per heavy atom. The molecule has 0 aliphatic carbocycles. The van der Waals surface area contributed by atoms with Gasteiger partial charge in [0.05, 0.1) is 4.47 Å². The third-order valence-corrected chi connectivity index (χ3v) is 2.96. The molecule has 2 aromatic carbocycles. The van der Waals surface area contributed by atoms with Gasteiger partial charge in [-0.1, -0.05) is 12.1 Å². The van der Waals surface area contributed by atoms with Crippen LogP contribution >= 0.6 is 15.9 Å². The van der Waals surface area contributed by atoms with Crippen LogP contribution in [-0.4, -0.2) is 5.11 Å². The SMILES string of the molecule is Oc1ccc(CNc2ccc(F)c(Br)c2)cc1. The van der Waals surface area contributed by atoms with E-state index in [-0.39, 0.29) is 11.6 Å². The molecule has 0 unspecified atom stereocenters. The third-order valence-electron chi connectivity index (χ3n) is 2.35. The highest BCUT2D eigenvalue weighted by Gasteiger charge is 2.00. The van der Waals surface area contributed by atoms with Crippen LogP contribution in [0.1, 0.15) is 5.56 Å². The highest BCUT2D eigenvalue weighted by atomic mass is 79.9. The number of phenolic OH excluding ortho intramolecular Hbond substituents is 1. The minimum atomic E-state index is -0.278. The maximum absolute atomic E-state index is 13.0. The van der Waals surface area contributed by atoms with Crippen LogP contribution in [0.3, 0.4) is 0 Å². The van der Waals surface area contributed by atoms with E-state index in [1.165, 1.54) is 6.07 Å². The van der Waals surface area contributed by atoms with Crippen molar-refractivity contribution >= 4 is 21.6 Å². The Morgan fingerprint density at radius 1 is 1.12 bits per heavy atom. The van der Waals surface area contributed by atoms with Crippen molar-refractivity contribution in [3.05, 3.63) is 58.3 Å². The molecule has 2 nitrogen and oxygen atoms in total. The van der Waals surface area contributed by atoms with Gasteiger partial charge >= 0.3 is 0 Å². The zero-order valence-electron chi connectivity index (χ0n) is 8.95. The topological polar surface area (TPSA) is 32.3 Å². The number of halogens is 2. The van der Waals surface area contributed by atoms with Crippen molar-refractivity contribution in [2.24, 2.45) is 0 Å². The van der Waals surface area contributed by atoms with Gasteiger partial charge in [0, 0.05) is 12.2 Å². The van der Waals surface area contributed by atoms with Crippen molar-refractivity contribution in [2.75, 3.05) is 5.32 Å². The number of hydrogen-bond acceptors (Lipinski definition) is 2. The van der Waals surface area contributed by atoms with Gasteiger partial charge in [-0.15, -0.1) is 0 Å². The molecule has 0 spiro atoms. The smallest absolute Gasteiger partial charge is 0.137 e. The van der Waals surface area contributed by atoms with E-state index in [1.807, 2.05) is 12.1 Å². The van der Waals surface area contributed by atoms with Gasteiger partial charge < -0.3 is 10.4 Å². The highest BCUT2D eigenvalue weighted by Crippen LogP contribution is 2.20. The number of benzene rings is 2. The molecular formula is C13H11BrFNO. The van der Waals surface area contributed by atoms with E-state index in [2.05, 4.69) is 21.2 Å². The minimum absolute atomic E-state index is 0.248. The fourth-order valence-electron chi connectivity index (χ4n) is 1.42. The zero-order chi connectivity index (χ0) is 12.3. The average Bonchev–Trinajstić information content (AvgIpc) is 2.33. The van der Waals surface area contributed by atoms with Gasteiger partial charge in [0.15, 0.2) is 0 Å². The van der Waals surface area contributed by atoms with Gasteiger partial charge in [-0.05, 0) is 51.8 Å². The second kappa shape index (κ2) is 5.19. The molecule has 0 aromatic heterocycles. The first-order chi connectivity index (χ1) is 8.15. The number of aromatic hydroxyl groups is 1. The molecule has 2 N–H and O–H groups in total. The lowest BCUT2D eigenvalue weighted by atomic mass is 10.2. The van der Waals surface area contributed by atoms with Crippen LogP contribution in [0, 0.1) is 5.82 Å². The molecule has 0 heterocycles. The van der Waals surface area contributed by atoms with Gasteiger partial charge in [-0.25, -0.2) is 4.39 Å². The number of rotatable bonds is 3. The van der Waals surface area contributed by atoms with E-state index in [9.17, 15) is 4.39 Å². The van der Waals surface area contributed by atoms with Crippen LogP contribution in [0.5, 0.6) is 5.75 Å². The Kier molecular flexibility index (Phi) is 3.64. The third kappa shape index (κ3) is 3.20. The lowest BCUT2D eigenvalue weighted by Crippen LogP contribution is -1.99. The van der Waals surface area contributed by atoms with Crippen molar-refractivity contribution < 1.29 is 9.50 Å². The van der Waals surface area contributed by atoms with E-state index in [0.29, 0.717) is 11.0 Å². The van der Waals surface area contributed by atoms with Crippen molar-refractivity contribution in [1.82, 2.24) is 0 Å². The van der Waals surface area contributed by atoms with Gasteiger partial charge in [-0.2, -0.15) is 0 Å². The fraction of sp³-hybridized carbons (Fsp3) is 0.0769. The molecule has 2 rings (SSSR count). The van der Waals surface area contributed by atoms with Crippen molar-refractivity contribution in [3.8, 4) is 5.75 Å². The summed E-state index contributed by atoms with van der Waals surface area (Å²) >= 11 is 3.13. The number of nitrogens with one attached hydrogen (secondary N) is 1. The average molecular weight is 296 g/mol. The molecule has 0 amide bonds. The van der Waals surface area contributed by atoms with Gasteiger partial charge in [0.2, 0.25) is 0 Å². The summed E-state index contributed by atoms with van der Waals surface area (Å²) in [4.78, 5) is 0. The monoisotopic (exact) mass is 295 g/mol. The molecule has 0 saturated heterocycles. The van der Waals surface area contributed by atoms with Crippen LogP contribution in [0.15, 0.2) is 46.9 Å². The Labute approximate surface area is 107 Å². The maximum atomic E-state index is 13.0. The van der Waals surface area contributed by atoms with Crippen LogP contribution < -0.4 is 5.32 Å². The molecule has 0 fully saturated rings. The Hall–Kier alpha value is -1.55. The quantitative estimate of drug-likeness (QED) is 0.900. The Morgan fingerprint density at radius 2 is 1.82 bits per heavy atom. The summed E-state index contributed by atoms with van der Waals surface area (Å²) in [6, 6.07) is 11.7. The van der Waals surface area contributed by atoms with Crippen LogP contribution in [0.25, 0.3) is 0 Å². The highest BCUT2D eigenvalue weighted by molar-refractivity contribution is 9.10. The van der Waals surface area contributed by atoms with E-state index < -0.39 is 0 Å². The second-order valence-electron chi connectivity index (χ2n) is 3.65. The Balaban J connectivity index is 2.02. The predicted octanol–water partition coefficient (Wildman–Crippen LogP) is 3.91. The van der Waals surface area contributed by atoms with Gasteiger partial charge in [-0.3, -0.25) is 0 Å². The summed E-state index contributed by atoms with van der Waals surface area (Å²) in [6.45, 7) is 0.623. The summed E-state index contributed by atoms with van der Waals surface area (Å²) in [5, 5.41) is 12.3. The zero-order valence-corrected chi connectivity index (χ0v) is 10.5. The lowest BCUT2D eigenvalue weighted by molar-refractivity contribution is 0.475. The fourth-order valence-corrected chi connectivity index (χ4v) is 1.80. The number of hydrogen-bond donors (Lipinski definition) is 2. The molecule has 0 atom stereocenters. The molecule has 4 heteroatoms. The summed E-state index contributed by atoms with van der Waals surface area (Å²) in [5.41, 5.74) is 1.88. The van der Waals surface area contributed by atoms with E-state index in [0.717, 1.165) is 11.3 Å². The molecule has 88 valence electrons. The summed E-state index contributed by atoms with van der Waals surface area (Å²) < 4.78 is 13.4. The summed E-state index contributed by atoms with van der Waals surface area (Å²) in [6.07, 6.45) is 0. The molecule has 0 radical (unpaired) electrons. The number of anilines is 1. The molecule has 0 aliphatic heterocycles. The van der Waals surface area contributed by atoms with E-state index in [4.69, 9.17) is 5.11 Å². The number of phenols is 1. The molecule has 0 aliphatic rings. The minimum Gasteiger partial charge on any atom is -0.508 e. The van der Waals surface area contributed by atoms with Crippen LogP contribution in [0.2, 0.25) is 0 Å². The van der Waals surface area contributed by atoms with Crippen LogP contribution in [-0.2, 0) is 6.54 Å². The van der Waals surface area contributed by atoms with Gasteiger partial charge in [0.1, 0.15) is 11.6 Å². The van der Waals surface area contributed by atoms with Crippen molar-refractivity contribution in [3.63, 3.8) is 0 Å². The Bertz CT molecular complexity index is 513. The first-order valence-corrected chi connectivity index (χ1v) is 5.91. The maximum Gasteiger partial charge on any atom is 0.137 e. The largest absolute Gasteiger partial charge is 0.508 e. The van der Waals surface area contributed by atoms with Crippen molar-refractivity contribution in [2.45, 2.75) is 6.54 Å². The van der Waals surface area contributed by atoms with Gasteiger partial charge in [0.25, 0.3) is 0 Å². The first kappa shape index (κ1) is 11.9. The molecule has 2 aromatic rings. The molecular weight excluding hydrogens is 285 g/mol. The first-order valence-electron chi connectivity index (χ1n) is 5.12.